The third-order valence-corrected chi connectivity index (χ3v) is 12.1. The summed E-state index contributed by atoms with van der Waals surface area (Å²) < 4.78 is 0. The van der Waals surface area contributed by atoms with Crippen molar-refractivity contribution >= 4 is 22.4 Å². The Kier molecular flexibility index (Phi) is 8.36. The van der Waals surface area contributed by atoms with Gasteiger partial charge in [-0.1, -0.05) is 112 Å². The van der Waals surface area contributed by atoms with Crippen LogP contribution in [0.1, 0.15) is 114 Å². The van der Waals surface area contributed by atoms with Crippen LogP contribution in [0.4, 0.5) is 5.69 Å². The largest absolute Gasteiger partial charge is 0.337 e. The van der Waals surface area contributed by atoms with Crippen LogP contribution in [0.25, 0.3) is 16.7 Å². The van der Waals surface area contributed by atoms with Gasteiger partial charge >= 0.3 is 0 Å². The molecule has 6 aliphatic rings. The highest BCUT2D eigenvalue weighted by molar-refractivity contribution is 5.92. The maximum absolute atomic E-state index is 2.68. The molecular formula is C45H51N. The first-order chi connectivity index (χ1) is 22.7. The van der Waals surface area contributed by atoms with Crippen LogP contribution in [0.3, 0.4) is 0 Å². The van der Waals surface area contributed by atoms with Gasteiger partial charge in [0.2, 0.25) is 0 Å². The molecule has 8 rings (SSSR count). The number of anilines is 1. The molecule has 46 heavy (non-hydrogen) atoms. The third kappa shape index (κ3) is 5.34. The monoisotopic (exact) mass is 605 g/mol. The number of hydrogen-bond donors (Lipinski definition) is 0. The Labute approximate surface area is 277 Å². The van der Waals surface area contributed by atoms with E-state index in [1.165, 1.54) is 90.6 Å². The van der Waals surface area contributed by atoms with Crippen molar-refractivity contribution in [2.24, 2.45) is 17.8 Å². The van der Waals surface area contributed by atoms with Gasteiger partial charge in [-0.15, -0.1) is 0 Å². The lowest BCUT2D eigenvalue weighted by Gasteiger charge is -2.30. The molecule has 0 spiro atoms. The Balaban J connectivity index is 1.11. The van der Waals surface area contributed by atoms with Crippen LogP contribution in [0.5, 0.6) is 0 Å². The highest BCUT2D eigenvalue weighted by atomic mass is 15.2. The average molecular weight is 606 g/mol. The molecule has 0 aromatic heterocycles. The maximum Gasteiger partial charge on any atom is 0.0598 e. The van der Waals surface area contributed by atoms with Gasteiger partial charge in [0.1, 0.15) is 0 Å². The molecule has 2 aromatic carbocycles. The van der Waals surface area contributed by atoms with Gasteiger partial charge < -0.3 is 4.90 Å². The molecule has 0 amide bonds. The molecule has 2 bridgehead atoms. The minimum atomic E-state index is 0.412. The summed E-state index contributed by atoms with van der Waals surface area (Å²) in [5.74, 6) is 2.36. The molecule has 0 N–H and O–H groups in total. The summed E-state index contributed by atoms with van der Waals surface area (Å²) in [6.45, 7) is 4.60. The summed E-state index contributed by atoms with van der Waals surface area (Å²) in [5, 5.41) is 0. The molecule has 1 saturated carbocycles. The first-order valence-electron chi connectivity index (χ1n) is 18.6. The van der Waals surface area contributed by atoms with E-state index in [1.807, 2.05) is 0 Å². The van der Waals surface area contributed by atoms with Crippen LogP contribution in [-0.2, 0) is 0 Å². The molecule has 4 atom stereocenters. The average Bonchev–Trinajstić information content (AvgIpc) is 3.35. The van der Waals surface area contributed by atoms with Gasteiger partial charge in [-0.25, -0.2) is 0 Å². The van der Waals surface area contributed by atoms with Crippen molar-refractivity contribution in [3.05, 3.63) is 130 Å². The van der Waals surface area contributed by atoms with Crippen molar-refractivity contribution in [3.8, 4) is 0 Å². The van der Waals surface area contributed by atoms with Crippen molar-refractivity contribution in [2.45, 2.75) is 103 Å². The Bertz CT molecular complexity index is 1720. The van der Waals surface area contributed by atoms with Gasteiger partial charge in [0.25, 0.3) is 0 Å². The summed E-state index contributed by atoms with van der Waals surface area (Å²) in [7, 11) is 0. The van der Waals surface area contributed by atoms with Gasteiger partial charge in [0.05, 0.1) is 6.04 Å². The Morgan fingerprint density at radius 2 is 1.72 bits per heavy atom. The number of unbranched alkanes of at least 4 members (excludes halogenated alkanes) is 1. The quantitative estimate of drug-likeness (QED) is 0.317. The van der Waals surface area contributed by atoms with E-state index in [0.717, 1.165) is 49.9 Å². The second-order valence-electron chi connectivity index (χ2n) is 14.6. The predicted octanol–water partition coefficient (Wildman–Crippen LogP) is 12.4. The maximum atomic E-state index is 2.68. The van der Waals surface area contributed by atoms with E-state index in [4.69, 9.17) is 0 Å². The number of fused-ring (bicyclic) bond motifs is 9. The number of para-hydroxylation sites is 1. The number of benzene rings is 2. The number of nitrogens with zero attached hydrogens (tertiary/aromatic N) is 1. The number of rotatable bonds is 6. The van der Waals surface area contributed by atoms with E-state index in [0.29, 0.717) is 6.04 Å². The highest BCUT2D eigenvalue weighted by Gasteiger charge is 2.38. The van der Waals surface area contributed by atoms with Gasteiger partial charge in [0, 0.05) is 16.9 Å². The Morgan fingerprint density at radius 1 is 0.848 bits per heavy atom. The zero-order valence-corrected chi connectivity index (χ0v) is 28.1. The van der Waals surface area contributed by atoms with Crippen LogP contribution in [0.15, 0.2) is 113 Å². The lowest BCUT2D eigenvalue weighted by atomic mass is 9.74. The third-order valence-electron chi connectivity index (χ3n) is 12.1. The molecule has 2 aromatic rings. The fourth-order valence-corrected chi connectivity index (χ4v) is 9.82. The molecule has 4 unspecified atom stereocenters. The van der Waals surface area contributed by atoms with Crippen LogP contribution < -0.4 is 4.90 Å². The molecule has 0 saturated heterocycles. The Morgan fingerprint density at radius 3 is 2.61 bits per heavy atom. The fraction of sp³-hybridized carbons (Fsp3) is 0.422. The minimum absolute atomic E-state index is 0.412. The molecule has 236 valence electrons. The normalized spacial score (nSPS) is 27.2. The van der Waals surface area contributed by atoms with Crippen molar-refractivity contribution in [1.82, 2.24) is 0 Å². The lowest BCUT2D eigenvalue weighted by Crippen LogP contribution is -2.30. The summed E-state index contributed by atoms with van der Waals surface area (Å²) in [5.41, 5.74) is 16.8. The van der Waals surface area contributed by atoms with E-state index in [9.17, 15) is 0 Å². The molecule has 1 heterocycles. The van der Waals surface area contributed by atoms with Gasteiger partial charge in [-0.05, 0) is 139 Å². The van der Waals surface area contributed by atoms with Gasteiger partial charge in [-0.3, -0.25) is 0 Å². The van der Waals surface area contributed by atoms with E-state index in [1.54, 1.807) is 22.3 Å². The van der Waals surface area contributed by atoms with Gasteiger partial charge in [0.15, 0.2) is 0 Å². The van der Waals surface area contributed by atoms with Crippen molar-refractivity contribution in [3.63, 3.8) is 0 Å². The standard InChI is InChI=1S/C45H51N/c1-3-5-17-37(4-2)46-44-21-11-10-20-41(44)42-26-22-31(24-27-45(42)46)32-15-12-16-33(28-32)34-23-25-40-39-19-9-8-18-38(39)35-13-6-7-14-36(29-35)43(40)30-34/h8-12,15-17,19-22,26,28,30,35-36,38,45H,3-7,13-14,18,23-25,27,29H2,1-2H3. The molecule has 5 aliphatic carbocycles. The number of allylic oxidation sites excluding steroid dienone is 13. The zero-order valence-electron chi connectivity index (χ0n) is 28.1. The Hall–Kier alpha value is -3.58. The SMILES string of the molecule is CCCC=C(CC)N1c2ccccc2C2=CC=C(c3cccc(C4=CC5=C(CC4)C4=CC=CCC4C4CCCCC5C4)c3)CCC21. The fourth-order valence-electron chi connectivity index (χ4n) is 9.82. The molecule has 1 fully saturated rings. The smallest absolute Gasteiger partial charge is 0.0598 e. The van der Waals surface area contributed by atoms with E-state index in [2.05, 4.69) is 110 Å². The topological polar surface area (TPSA) is 3.24 Å². The zero-order chi connectivity index (χ0) is 31.0. The van der Waals surface area contributed by atoms with E-state index < -0.39 is 0 Å². The molecule has 1 heteroatoms. The number of hydrogen-bond acceptors (Lipinski definition) is 1. The van der Waals surface area contributed by atoms with Crippen LogP contribution >= 0.6 is 0 Å². The van der Waals surface area contributed by atoms with Crippen LogP contribution in [-0.4, -0.2) is 6.04 Å². The predicted molar refractivity (Wildman–Crippen MR) is 197 cm³/mol. The molecular weight excluding hydrogens is 555 g/mol. The highest BCUT2D eigenvalue weighted by Crippen LogP contribution is 2.52. The summed E-state index contributed by atoms with van der Waals surface area (Å²) in [4.78, 5) is 2.68. The van der Waals surface area contributed by atoms with Gasteiger partial charge in [-0.2, -0.15) is 0 Å². The van der Waals surface area contributed by atoms with Crippen molar-refractivity contribution in [1.29, 1.82) is 0 Å². The molecule has 1 nitrogen and oxygen atoms in total. The lowest BCUT2D eigenvalue weighted by molar-refractivity contribution is 0.324. The first-order valence-corrected chi connectivity index (χ1v) is 18.6. The van der Waals surface area contributed by atoms with Crippen LogP contribution in [0, 0.1) is 17.8 Å². The second-order valence-corrected chi connectivity index (χ2v) is 14.6. The van der Waals surface area contributed by atoms with Crippen molar-refractivity contribution in [2.75, 3.05) is 4.90 Å². The second kappa shape index (κ2) is 12.9. The summed E-state index contributed by atoms with van der Waals surface area (Å²) in [6, 6.07) is 19.1. The van der Waals surface area contributed by atoms with E-state index in [-0.39, 0.29) is 0 Å². The van der Waals surface area contributed by atoms with E-state index >= 15 is 0 Å². The first kappa shape index (κ1) is 29.8. The van der Waals surface area contributed by atoms with Crippen molar-refractivity contribution < 1.29 is 0 Å². The minimum Gasteiger partial charge on any atom is -0.337 e. The summed E-state index contributed by atoms with van der Waals surface area (Å²) in [6.07, 6.45) is 33.6. The van der Waals surface area contributed by atoms with Crippen LogP contribution in [0.2, 0.25) is 0 Å². The molecule has 1 aliphatic heterocycles. The summed E-state index contributed by atoms with van der Waals surface area (Å²) >= 11 is 0. The molecule has 0 radical (unpaired) electrons.